The number of aromatic nitrogens is 3. The van der Waals surface area contributed by atoms with E-state index < -0.39 is 17.8 Å². The summed E-state index contributed by atoms with van der Waals surface area (Å²) in [6.07, 6.45) is 1.59. The Morgan fingerprint density at radius 1 is 1.00 bits per heavy atom. The minimum absolute atomic E-state index is 0.0414. The van der Waals surface area contributed by atoms with Crippen LogP contribution in [0.5, 0.6) is 5.88 Å². The molecule has 0 radical (unpaired) electrons. The molecule has 1 fully saturated rings. The third kappa shape index (κ3) is 8.46. The van der Waals surface area contributed by atoms with Crippen molar-refractivity contribution in [3.8, 4) is 39.4 Å². The number of benzene rings is 2. The van der Waals surface area contributed by atoms with Gasteiger partial charge in [0.25, 0.3) is 5.56 Å². The highest BCUT2D eigenvalue weighted by Gasteiger charge is 2.30. The second-order valence-corrected chi connectivity index (χ2v) is 15.9. The molecule has 0 spiro atoms. The average Bonchev–Trinajstić information content (AvgIpc) is 3.59. The van der Waals surface area contributed by atoms with Gasteiger partial charge in [-0.05, 0) is 63.9 Å². The third-order valence-corrected chi connectivity index (χ3v) is 10.6. The minimum Gasteiger partial charge on any atom is -0.481 e. The van der Waals surface area contributed by atoms with E-state index in [0.29, 0.717) is 86.0 Å². The Morgan fingerprint density at radius 3 is 2.35 bits per heavy atom. The van der Waals surface area contributed by atoms with Gasteiger partial charge in [0.1, 0.15) is 22.6 Å². The summed E-state index contributed by atoms with van der Waals surface area (Å²) in [7, 11) is 1.52. The number of nitrogens with one attached hydrogen (secondary N) is 2. The fraction of sp³-hybridized carbons (Fsp3) is 0.333. The van der Waals surface area contributed by atoms with Crippen molar-refractivity contribution in [2.75, 3.05) is 26.7 Å². The van der Waals surface area contributed by atoms with E-state index in [2.05, 4.69) is 15.6 Å². The van der Waals surface area contributed by atoms with Gasteiger partial charge in [0.05, 0.1) is 47.7 Å². The van der Waals surface area contributed by atoms with Crippen LogP contribution in [0.25, 0.3) is 39.2 Å². The molecule has 57 heavy (non-hydrogen) atoms. The lowest BCUT2D eigenvalue weighted by Gasteiger charge is -2.29. The van der Waals surface area contributed by atoms with E-state index in [0.717, 1.165) is 11.1 Å². The second kappa shape index (κ2) is 16.2. The van der Waals surface area contributed by atoms with Gasteiger partial charge < -0.3 is 30.1 Å². The smallest absolute Gasteiger partial charge is 0.410 e. The van der Waals surface area contributed by atoms with E-state index in [-0.39, 0.29) is 37.1 Å². The summed E-state index contributed by atoms with van der Waals surface area (Å²) in [4.78, 5) is 54.2. The number of nitrogens with zero attached hydrogens (tertiary/aromatic N) is 5. The zero-order chi connectivity index (χ0) is 40.6. The van der Waals surface area contributed by atoms with Crippen LogP contribution >= 0.6 is 23.2 Å². The number of fused-ring (bicyclic) bond motifs is 1. The van der Waals surface area contributed by atoms with Gasteiger partial charge in [0, 0.05) is 59.6 Å². The van der Waals surface area contributed by atoms with Gasteiger partial charge in [0.2, 0.25) is 11.8 Å². The Balaban J connectivity index is 1.18. The SMILES string of the molecule is COc1nc(-c2cccc(-c3cccc(-c4ccn5c(=O)c(C6=NCC(O)CN6)c(C)nc5c4)c3Cl)c2Cl)ccc1CN(C[C@@H]1CCC(=O)N1)C(=O)OC(C)(C)C. The molecule has 2 atom stereocenters. The molecular formula is C42H43Cl2N7O6. The number of hydrogen-bond donors (Lipinski definition) is 3. The number of ether oxygens (including phenoxy) is 2. The van der Waals surface area contributed by atoms with E-state index in [4.69, 9.17) is 42.6 Å². The molecule has 2 aliphatic rings. The molecule has 0 saturated carbocycles. The van der Waals surface area contributed by atoms with Crippen LogP contribution in [0, 0.1) is 6.92 Å². The number of β-amino-alcohol motifs (C(OH)–C–C–N with tert-alkyl or cyclic N) is 1. The molecule has 2 aromatic carbocycles. The zero-order valence-corrected chi connectivity index (χ0v) is 33.7. The Bertz CT molecular complexity index is 2480. The summed E-state index contributed by atoms with van der Waals surface area (Å²) in [6, 6.07) is 18.4. The first kappa shape index (κ1) is 39.7. The van der Waals surface area contributed by atoms with Crippen LogP contribution in [0.2, 0.25) is 10.0 Å². The van der Waals surface area contributed by atoms with Crippen LogP contribution in [-0.4, -0.2) is 86.7 Å². The Morgan fingerprint density at radius 2 is 1.70 bits per heavy atom. The maximum atomic E-state index is 13.6. The maximum absolute atomic E-state index is 13.6. The first-order chi connectivity index (χ1) is 27.2. The summed E-state index contributed by atoms with van der Waals surface area (Å²) >= 11 is 14.3. The minimum atomic E-state index is -0.711. The van der Waals surface area contributed by atoms with Crippen molar-refractivity contribution in [1.82, 2.24) is 29.9 Å². The lowest BCUT2D eigenvalue weighted by atomic mass is 9.97. The molecular weight excluding hydrogens is 769 g/mol. The van der Waals surface area contributed by atoms with Crippen molar-refractivity contribution in [2.45, 2.75) is 64.8 Å². The first-order valence-electron chi connectivity index (χ1n) is 18.6. The largest absolute Gasteiger partial charge is 0.481 e. The van der Waals surface area contributed by atoms with Crippen LogP contribution in [0.1, 0.15) is 50.4 Å². The quantitative estimate of drug-likeness (QED) is 0.152. The number of carbonyl (C=O) groups is 2. The predicted octanol–water partition coefficient (Wildman–Crippen LogP) is 6.44. The Hall–Kier alpha value is -5.50. The first-order valence-corrected chi connectivity index (χ1v) is 19.4. The van der Waals surface area contributed by atoms with Gasteiger partial charge in [0.15, 0.2) is 0 Å². The lowest BCUT2D eigenvalue weighted by Crippen LogP contribution is -2.43. The van der Waals surface area contributed by atoms with E-state index in [1.54, 1.807) is 38.8 Å². The van der Waals surface area contributed by atoms with Gasteiger partial charge in [-0.3, -0.25) is 19.0 Å². The summed E-state index contributed by atoms with van der Waals surface area (Å²) in [5, 5.41) is 16.7. The number of pyridine rings is 2. The predicted molar refractivity (Wildman–Crippen MR) is 220 cm³/mol. The van der Waals surface area contributed by atoms with Crippen molar-refractivity contribution in [3.63, 3.8) is 0 Å². The number of rotatable bonds is 9. The fourth-order valence-electron chi connectivity index (χ4n) is 7.02. The number of aliphatic hydroxyl groups is 1. The molecule has 0 aliphatic carbocycles. The maximum Gasteiger partial charge on any atom is 0.410 e. The van der Waals surface area contributed by atoms with Crippen LogP contribution in [0.15, 0.2) is 76.6 Å². The van der Waals surface area contributed by atoms with E-state index in [9.17, 15) is 19.5 Å². The molecule has 15 heteroatoms. The molecule has 5 heterocycles. The number of amidine groups is 1. The fourth-order valence-corrected chi connectivity index (χ4v) is 7.68. The summed E-state index contributed by atoms with van der Waals surface area (Å²) < 4.78 is 12.9. The average molecular weight is 813 g/mol. The number of hydrogen-bond acceptors (Lipinski definition) is 10. The molecule has 5 aromatic rings. The highest BCUT2D eigenvalue weighted by molar-refractivity contribution is 6.39. The van der Waals surface area contributed by atoms with E-state index in [1.807, 2.05) is 60.7 Å². The van der Waals surface area contributed by atoms with Crippen LogP contribution in [-0.2, 0) is 16.1 Å². The highest BCUT2D eigenvalue weighted by Crippen LogP contribution is 2.42. The van der Waals surface area contributed by atoms with Crippen LogP contribution in [0.4, 0.5) is 4.79 Å². The van der Waals surface area contributed by atoms with Crippen molar-refractivity contribution in [2.24, 2.45) is 4.99 Å². The molecule has 1 unspecified atom stereocenters. The topological polar surface area (TPSA) is 160 Å². The Labute approximate surface area is 339 Å². The normalized spacial score (nSPS) is 16.8. The number of aryl methyl sites for hydroxylation is 1. The zero-order valence-electron chi connectivity index (χ0n) is 32.2. The molecule has 2 aliphatic heterocycles. The second-order valence-electron chi connectivity index (χ2n) is 15.1. The third-order valence-electron chi connectivity index (χ3n) is 9.76. The monoisotopic (exact) mass is 811 g/mol. The van der Waals surface area contributed by atoms with Crippen molar-refractivity contribution < 1.29 is 24.2 Å². The standard InChI is InChI=1S/C42H43Cl2N7O6/c1-23-35(38-45-19-27(52)20-46-38)40(54)51-17-16-24(18-33(51)47-23)28-8-6-9-29(36(28)43)30-10-7-11-31(37(30)44)32-14-12-25(39(49-32)56-5)21-50(41(55)57-42(2,3)4)22-26-13-15-34(53)48-26/h6-12,14,16-18,26-27,52H,13,15,19-22H2,1-5H3,(H,45,46)(H,48,53)/t26-/m0/s1. The molecule has 3 aromatic heterocycles. The Kier molecular flexibility index (Phi) is 11.3. The summed E-state index contributed by atoms with van der Waals surface area (Å²) in [6.45, 7) is 8.11. The molecule has 3 N–H and O–H groups in total. The van der Waals surface area contributed by atoms with Gasteiger partial charge in [-0.1, -0.05) is 59.6 Å². The number of aliphatic hydroxyl groups excluding tert-OH is 1. The summed E-state index contributed by atoms with van der Waals surface area (Å²) in [5.41, 5.74) is 5.03. The number of carbonyl (C=O) groups excluding carboxylic acids is 2. The van der Waals surface area contributed by atoms with Gasteiger partial charge >= 0.3 is 6.09 Å². The number of aliphatic imine (C=N–C) groups is 1. The molecule has 0 bridgehead atoms. The number of amides is 2. The molecule has 296 valence electrons. The van der Waals surface area contributed by atoms with E-state index in [1.165, 1.54) is 11.5 Å². The van der Waals surface area contributed by atoms with Crippen molar-refractivity contribution >= 4 is 46.7 Å². The molecule has 13 nitrogen and oxygen atoms in total. The van der Waals surface area contributed by atoms with E-state index >= 15 is 0 Å². The van der Waals surface area contributed by atoms with Crippen molar-refractivity contribution in [1.29, 1.82) is 0 Å². The molecule has 2 amide bonds. The number of methoxy groups -OCH3 is 1. The van der Waals surface area contributed by atoms with Gasteiger partial charge in [-0.2, -0.15) is 0 Å². The van der Waals surface area contributed by atoms with Crippen LogP contribution in [0.3, 0.4) is 0 Å². The number of halogens is 2. The van der Waals surface area contributed by atoms with Gasteiger partial charge in [-0.15, -0.1) is 0 Å². The highest BCUT2D eigenvalue weighted by atomic mass is 35.5. The van der Waals surface area contributed by atoms with Crippen LogP contribution < -0.4 is 20.9 Å². The molecule has 1 saturated heterocycles. The summed E-state index contributed by atoms with van der Waals surface area (Å²) in [5.74, 6) is 0.691. The molecule has 7 rings (SSSR count). The lowest BCUT2D eigenvalue weighted by molar-refractivity contribution is -0.119. The van der Waals surface area contributed by atoms with Crippen molar-refractivity contribution in [3.05, 3.63) is 104 Å². The van der Waals surface area contributed by atoms with Gasteiger partial charge in [-0.25, -0.2) is 14.8 Å².